The van der Waals surface area contributed by atoms with E-state index in [0.717, 1.165) is 42.9 Å². The Morgan fingerprint density at radius 3 is 2.86 bits per heavy atom. The van der Waals surface area contributed by atoms with E-state index in [-0.39, 0.29) is 6.54 Å². The highest BCUT2D eigenvalue weighted by molar-refractivity contribution is 5.89. The summed E-state index contributed by atoms with van der Waals surface area (Å²) in [4.78, 5) is 22.9. The van der Waals surface area contributed by atoms with Crippen LogP contribution in [0.5, 0.6) is 0 Å². The third-order valence-electron chi connectivity index (χ3n) is 3.79. The number of piperazine rings is 1. The molecular weight excluding hydrogens is 270 g/mol. The van der Waals surface area contributed by atoms with Gasteiger partial charge < -0.3 is 25.2 Å². The largest absolute Gasteiger partial charge is 0.465 e. The van der Waals surface area contributed by atoms with E-state index in [2.05, 4.69) is 38.2 Å². The lowest BCUT2D eigenvalue weighted by molar-refractivity contribution is 0.193. The SMILES string of the molecule is CN1CCN(c2cccc3[nH]c(CNC(=O)O)nc23)CC1. The highest BCUT2D eigenvalue weighted by Gasteiger charge is 2.18. The molecule has 0 aliphatic carbocycles. The smallest absolute Gasteiger partial charge is 0.405 e. The van der Waals surface area contributed by atoms with Crippen molar-refractivity contribution in [3.05, 3.63) is 24.0 Å². The van der Waals surface area contributed by atoms with Crippen LogP contribution in [0, 0.1) is 0 Å². The van der Waals surface area contributed by atoms with Crippen molar-refractivity contribution in [3.63, 3.8) is 0 Å². The first-order chi connectivity index (χ1) is 10.1. The van der Waals surface area contributed by atoms with Crippen LogP contribution in [0.4, 0.5) is 10.5 Å². The maximum absolute atomic E-state index is 10.6. The number of aromatic amines is 1. The predicted octanol–water partition coefficient (Wildman–Crippen LogP) is 1.08. The van der Waals surface area contributed by atoms with E-state index >= 15 is 0 Å². The number of hydrogen-bond donors (Lipinski definition) is 3. The second kappa shape index (κ2) is 5.61. The molecule has 0 spiro atoms. The van der Waals surface area contributed by atoms with Crippen LogP contribution in [0.3, 0.4) is 0 Å². The van der Waals surface area contributed by atoms with E-state index < -0.39 is 6.09 Å². The molecule has 2 aromatic rings. The van der Waals surface area contributed by atoms with Gasteiger partial charge in [0.2, 0.25) is 0 Å². The van der Waals surface area contributed by atoms with Gasteiger partial charge in [-0.25, -0.2) is 9.78 Å². The number of anilines is 1. The molecule has 3 N–H and O–H groups in total. The van der Waals surface area contributed by atoms with Crippen molar-refractivity contribution in [1.82, 2.24) is 20.2 Å². The summed E-state index contributed by atoms with van der Waals surface area (Å²) in [6, 6.07) is 6.04. The Bertz CT molecular complexity index is 646. The lowest BCUT2D eigenvalue weighted by Crippen LogP contribution is -2.44. The van der Waals surface area contributed by atoms with Crippen molar-refractivity contribution in [2.45, 2.75) is 6.54 Å². The number of benzene rings is 1. The van der Waals surface area contributed by atoms with Gasteiger partial charge >= 0.3 is 6.09 Å². The summed E-state index contributed by atoms with van der Waals surface area (Å²) < 4.78 is 0. The van der Waals surface area contributed by atoms with Crippen molar-refractivity contribution >= 4 is 22.8 Å². The van der Waals surface area contributed by atoms with Crippen molar-refractivity contribution in [1.29, 1.82) is 0 Å². The molecule has 0 atom stereocenters. The second-order valence-electron chi connectivity index (χ2n) is 5.31. The van der Waals surface area contributed by atoms with Gasteiger partial charge in [0.25, 0.3) is 0 Å². The zero-order chi connectivity index (χ0) is 14.8. The standard InChI is InChI=1S/C14H19N5O2/c1-18-5-7-19(8-6-18)11-4-2-3-10-13(11)17-12(16-10)9-15-14(20)21/h2-4,15H,5-9H2,1H3,(H,16,17)(H,20,21). The van der Waals surface area contributed by atoms with Crippen molar-refractivity contribution < 1.29 is 9.90 Å². The number of likely N-dealkylation sites (N-methyl/N-ethyl adjacent to an activating group) is 1. The molecule has 7 nitrogen and oxygen atoms in total. The third-order valence-corrected chi connectivity index (χ3v) is 3.79. The molecule has 1 amide bonds. The second-order valence-corrected chi connectivity index (χ2v) is 5.31. The van der Waals surface area contributed by atoms with Gasteiger partial charge in [0, 0.05) is 26.2 Å². The topological polar surface area (TPSA) is 84.5 Å². The molecule has 3 rings (SSSR count). The molecule has 1 saturated heterocycles. The molecule has 21 heavy (non-hydrogen) atoms. The summed E-state index contributed by atoms with van der Waals surface area (Å²) in [5, 5.41) is 11.0. The van der Waals surface area contributed by atoms with Crippen molar-refractivity contribution in [3.8, 4) is 0 Å². The normalized spacial score (nSPS) is 16.3. The molecular formula is C14H19N5O2. The van der Waals surface area contributed by atoms with Gasteiger partial charge in [0.15, 0.2) is 0 Å². The number of fused-ring (bicyclic) bond motifs is 1. The molecule has 1 aliphatic rings. The highest BCUT2D eigenvalue weighted by atomic mass is 16.4. The first-order valence-corrected chi connectivity index (χ1v) is 7.01. The van der Waals surface area contributed by atoms with Gasteiger partial charge in [-0.15, -0.1) is 0 Å². The number of nitrogens with zero attached hydrogens (tertiary/aromatic N) is 3. The van der Waals surface area contributed by atoms with E-state index in [0.29, 0.717) is 5.82 Å². The molecule has 0 unspecified atom stereocenters. The number of imidazole rings is 1. The maximum atomic E-state index is 10.6. The Morgan fingerprint density at radius 2 is 2.14 bits per heavy atom. The minimum absolute atomic E-state index is 0.187. The summed E-state index contributed by atoms with van der Waals surface area (Å²) in [6.45, 7) is 4.21. The Balaban J connectivity index is 1.86. The van der Waals surface area contributed by atoms with E-state index in [1.54, 1.807) is 0 Å². The number of rotatable bonds is 3. The summed E-state index contributed by atoms with van der Waals surface area (Å²) in [6.07, 6.45) is -1.05. The van der Waals surface area contributed by atoms with E-state index in [1.807, 2.05) is 12.1 Å². The van der Waals surface area contributed by atoms with Crippen LogP contribution in [0.2, 0.25) is 0 Å². The minimum Gasteiger partial charge on any atom is -0.465 e. The molecule has 2 heterocycles. The zero-order valence-corrected chi connectivity index (χ0v) is 12.0. The van der Waals surface area contributed by atoms with Crippen LogP contribution in [0.1, 0.15) is 5.82 Å². The summed E-state index contributed by atoms with van der Waals surface area (Å²) >= 11 is 0. The first kappa shape index (κ1) is 13.7. The molecule has 112 valence electrons. The number of aromatic nitrogens is 2. The number of nitrogens with one attached hydrogen (secondary N) is 2. The Morgan fingerprint density at radius 1 is 1.38 bits per heavy atom. The van der Waals surface area contributed by atoms with E-state index in [4.69, 9.17) is 5.11 Å². The summed E-state index contributed by atoms with van der Waals surface area (Å²) in [5.41, 5.74) is 2.95. The average Bonchev–Trinajstić information content (AvgIpc) is 2.89. The number of carbonyl (C=O) groups is 1. The molecule has 1 aliphatic heterocycles. The van der Waals surface area contributed by atoms with Gasteiger partial charge in [-0.1, -0.05) is 6.07 Å². The van der Waals surface area contributed by atoms with Gasteiger partial charge in [-0.05, 0) is 19.2 Å². The van der Waals surface area contributed by atoms with Crippen molar-refractivity contribution in [2.75, 3.05) is 38.1 Å². The highest BCUT2D eigenvalue weighted by Crippen LogP contribution is 2.25. The van der Waals surface area contributed by atoms with Crippen LogP contribution in [0.25, 0.3) is 11.0 Å². The predicted molar refractivity (Wildman–Crippen MR) is 80.7 cm³/mol. The van der Waals surface area contributed by atoms with Crippen LogP contribution >= 0.6 is 0 Å². The summed E-state index contributed by atoms with van der Waals surface area (Å²) in [5.74, 6) is 0.633. The lowest BCUT2D eigenvalue weighted by Gasteiger charge is -2.34. The van der Waals surface area contributed by atoms with Crippen LogP contribution in [-0.2, 0) is 6.54 Å². The molecule has 0 radical (unpaired) electrons. The zero-order valence-electron chi connectivity index (χ0n) is 12.0. The Hall–Kier alpha value is -2.28. The van der Waals surface area contributed by atoms with Gasteiger partial charge in [0.05, 0.1) is 17.7 Å². The van der Waals surface area contributed by atoms with E-state index in [1.165, 1.54) is 0 Å². The quantitative estimate of drug-likeness (QED) is 0.787. The van der Waals surface area contributed by atoms with Gasteiger partial charge in [-0.2, -0.15) is 0 Å². The summed E-state index contributed by atoms with van der Waals surface area (Å²) in [7, 11) is 2.13. The average molecular weight is 289 g/mol. The molecule has 0 bridgehead atoms. The Kier molecular flexibility index (Phi) is 3.66. The van der Waals surface area contributed by atoms with Crippen LogP contribution < -0.4 is 10.2 Å². The number of para-hydroxylation sites is 1. The van der Waals surface area contributed by atoms with Crippen LogP contribution in [-0.4, -0.2) is 59.3 Å². The fraction of sp³-hybridized carbons (Fsp3) is 0.429. The van der Waals surface area contributed by atoms with Gasteiger partial charge in [-0.3, -0.25) is 0 Å². The Labute approximate surface area is 122 Å². The lowest BCUT2D eigenvalue weighted by atomic mass is 10.2. The molecule has 1 aromatic carbocycles. The minimum atomic E-state index is -1.05. The molecule has 1 aromatic heterocycles. The van der Waals surface area contributed by atoms with E-state index in [9.17, 15) is 4.79 Å². The number of hydrogen-bond acceptors (Lipinski definition) is 4. The first-order valence-electron chi connectivity index (χ1n) is 7.01. The fourth-order valence-electron chi connectivity index (χ4n) is 2.61. The maximum Gasteiger partial charge on any atom is 0.405 e. The number of amides is 1. The molecule has 0 saturated carbocycles. The molecule has 7 heteroatoms. The van der Waals surface area contributed by atoms with Crippen molar-refractivity contribution in [2.24, 2.45) is 0 Å². The fourth-order valence-corrected chi connectivity index (χ4v) is 2.61. The monoisotopic (exact) mass is 289 g/mol. The van der Waals surface area contributed by atoms with Crippen LogP contribution in [0.15, 0.2) is 18.2 Å². The van der Waals surface area contributed by atoms with Gasteiger partial charge in [0.1, 0.15) is 11.3 Å². The third kappa shape index (κ3) is 2.92. The number of H-pyrrole nitrogens is 1. The molecule has 1 fully saturated rings. The number of carboxylic acid groups (broad SMARTS) is 1.